The van der Waals surface area contributed by atoms with Gasteiger partial charge in [-0.05, 0) is 6.92 Å². The van der Waals surface area contributed by atoms with Crippen molar-refractivity contribution in [3.63, 3.8) is 0 Å². The van der Waals surface area contributed by atoms with Gasteiger partial charge in [-0.25, -0.2) is 0 Å². The third-order valence-electron chi connectivity index (χ3n) is 1.33. The molecule has 0 heterocycles. The van der Waals surface area contributed by atoms with Gasteiger partial charge in [-0.3, -0.25) is 0 Å². The predicted molar refractivity (Wildman–Crippen MR) is 37.1 cm³/mol. The summed E-state index contributed by atoms with van der Waals surface area (Å²) in [5, 5.41) is 17.7. The molecule has 0 aromatic heterocycles. The van der Waals surface area contributed by atoms with E-state index >= 15 is 0 Å². The van der Waals surface area contributed by atoms with Crippen molar-refractivity contribution in [1.29, 1.82) is 0 Å². The second-order valence-electron chi connectivity index (χ2n) is 2.45. The molecule has 2 N–H and O–H groups in total. The number of rotatable bonds is 3. The molecule has 9 heavy (non-hydrogen) atoms. The first-order valence-electron chi connectivity index (χ1n) is 3.04. The van der Waals surface area contributed by atoms with Crippen molar-refractivity contribution in [3.05, 3.63) is 12.2 Å². The number of aliphatic hydroxyl groups excluding tert-OH is 2. The molecule has 0 fully saturated rings. The fourth-order valence-corrected chi connectivity index (χ4v) is 0.586. The van der Waals surface area contributed by atoms with E-state index in [1.807, 2.05) is 0 Å². The summed E-state index contributed by atoms with van der Waals surface area (Å²) in [5.41, 5.74) is 0.705. The second-order valence-corrected chi connectivity index (χ2v) is 2.45. The summed E-state index contributed by atoms with van der Waals surface area (Å²) in [6.07, 6.45) is -0.560. The first-order valence-corrected chi connectivity index (χ1v) is 3.04. The maximum atomic E-state index is 9.14. The Kier molecular flexibility index (Phi) is 3.50. The summed E-state index contributed by atoms with van der Waals surface area (Å²) in [7, 11) is 0. The summed E-state index contributed by atoms with van der Waals surface area (Å²) in [4.78, 5) is 0. The molecule has 0 bridgehead atoms. The molecule has 0 saturated carbocycles. The standard InChI is InChI=1S/C7H14O2/c1-5(2)7(9)6(3)4-8/h6-9H,1,4H2,2-3H3/t6-,7-/m0/s1. The maximum absolute atomic E-state index is 9.14. The monoisotopic (exact) mass is 130 g/mol. The van der Waals surface area contributed by atoms with Crippen molar-refractivity contribution < 1.29 is 10.2 Å². The van der Waals surface area contributed by atoms with Gasteiger partial charge in [-0.2, -0.15) is 0 Å². The molecule has 0 amide bonds. The van der Waals surface area contributed by atoms with Crippen LogP contribution in [0, 0.1) is 5.92 Å². The highest BCUT2D eigenvalue weighted by Crippen LogP contribution is 2.08. The largest absolute Gasteiger partial charge is 0.396 e. The molecule has 0 aromatic rings. The SMILES string of the molecule is C=C(C)[C@H](O)[C@@H](C)CO. The highest BCUT2D eigenvalue weighted by Gasteiger charge is 2.12. The van der Waals surface area contributed by atoms with Crippen molar-refractivity contribution in [2.24, 2.45) is 5.92 Å². The molecule has 2 nitrogen and oxygen atoms in total. The van der Waals surface area contributed by atoms with E-state index in [1.165, 1.54) is 0 Å². The fraction of sp³-hybridized carbons (Fsp3) is 0.714. The summed E-state index contributed by atoms with van der Waals surface area (Å²) < 4.78 is 0. The van der Waals surface area contributed by atoms with Crippen LogP contribution in [0.2, 0.25) is 0 Å². The molecule has 0 unspecified atom stereocenters. The van der Waals surface area contributed by atoms with Crippen LogP contribution in [0.25, 0.3) is 0 Å². The summed E-state index contributed by atoms with van der Waals surface area (Å²) in [5.74, 6) is -0.0949. The lowest BCUT2D eigenvalue weighted by Gasteiger charge is -2.15. The van der Waals surface area contributed by atoms with Crippen LogP contribution in [0.4, 0.5) is 0 Å². The first kappa shape index (κ1) is 8.66. The molecule has 0 aromatic carbocycles. The Morgan fingerprint density at radius 3 is 2.22 bits per heavy atom. The van der Waals surface area contributed by atoms with Crippen LogP contribution in [0.15, 0.2) is 12.2 Å². The van der Waals surface area contributed by atoms with E-state index in [0.29, 0.717) is 5.57 Å². The Hall–Kier alpha value is -0.340. The molecule has 0 aliphatic heterocycles. The lowest BCUT2D eigenvalue weighted by molar-refractivity contribution is 0.103. The van der Waals surface area contributed by atoms with Crippen molar-refractivity contribution in [2.45, 2.75) is 20.0 Å². The number of aliphatic hydroxyl groups is 2. The Balaban J connectivity index is 3.72. The Bertz CT molecular complexity index is 99.1. The molecule has 2 atom stereocenters. The average molecular weight is 130 g/mol. The molecule has 0 saturated heterocycles. The highest BCUT2D eigenvalue weighted by molar-refractivity contribution is 4.98. The molecule has 0 aliphatic carbocycles. The summed E-state index contributed by atoms with van der Waals surface area (Å²) in [6, 6.07) is 0. The number of hydrogen-bond donors (Lipinski definition) is 2. The van der Waals surface area contributed by atoms with E-state index in [-0.39, 0.29) is 12.5 Å². The van der Waals surface area contributed by atoms with E-state index in [9.17, 15) is 0 Å². The van der Waals surface area contributed by atoms with Crippen molar-refractivity contribution >= 4 is 0 Å². The molecular formula is C7H14O2. The van der Waals surface area contributed by atoms with Gasteiger partial charge in [-0.1, -0.05) is 19.1 Å². The van der Waals surface area contributed by atoms with Gasteiger partial charge < -0.3 is 10.2 Å². The summed E-state index contributed by atoms with van der Waals surface area (Å²) in [6.45, 7) is 7.09. The van der Waals surface area contributed by atoms with Crippen LogP contribution < -0.4 is 0 Å². The maximum Gasteiger partial charge on any atom is 0.0792 e. The van der Waals surface area contributed by atoms with E-state index < -0.39 is 6.10 Å². The van der Waals surface area contributed by atoms with Crippen molar-refractivity contribution in [2.75, 3.05) is 6.61 Å². The minimum absolute atomic E-state index is 0.00796. The lowest BCUT2D eigenvalue weighted by Crippen LogP contribution is -2.21. The van der Waals surface area contributed by atoms with Gasteiger partial charge in [0.1, 0.15) is 0 Å². The summed E-state index contributed by atoms with van der Waals surface area (Å²) >= 11 is 0. The first-order chi connectivity index (χ1) is 4.09. The Labute approximate surface area is 55.8 Å². The predicted octanol–water partition coefficient (Wildman–Crippen LogP) is 0.552. The lowest BCUT2D eigenvalue weighted by atomic mass is 10.0. The number of hydrogen-bond acceptors (Lipinski definition) is 2. The van der Waals surface area contributed by atoms with Crippen LogP contribution in [-0.4, -0.2) is 22.9 Å². The van der Waals surface area contributed by atoms with E-state index in [4.69, 9.17) is 10.2 Å². The zero-order valence-electron chi connectivity index (χ0n) is 5.96. The van der Waals surface area contributed by atoms with Crippen LogP contribution >= 0.6 is 0 Å². The second kappa shape index (κ2) is 3.64. The van der Waals surface area contributed by atoms with Crippen molar-refractivity contribution in [1.82, 2.24) is 0 Å². The normalized spacial score (nSPS) is 16.9. The van der Waals surface area contributed by atoms with Gasteiger partial charge in [0.2, 0.25) is 0 Å². The molecule has 0 aliphatic rings. The molecule has 0 rings (SSSR count). The van der Waals surface area contributed by atoms with Crippen LogP contribution in [-0.2, 0) is 0 Å². The highest BCUT2D eigenvalue weighted by atomic mass is 16.3. The Morgan fingerprint density at radius 1 is 1.67 bits per heavy atom. The zero-order chi connectivity index (χ0) is 7.44. The van der Waals surface area contributed by atoms with Gasteiger partial charge in [0, 0.05) is 12.5 Å². The molecule has 0 radical (unpaired) electrons. The third kappa shape index (κ3) is 2.63. The molecule has 54 valence electrons. The minimum atomic E-state index is -0.560. The van der Waals surface area contributed by atoms with Gasteiger partial charge in [0.25, 0.3) is 0 Å². The van der Waals surface area contributed by atoms with Crippen LogP contribution in [0.5, 0.6) is 0 Å². The van der Waals surface area contributed by atoms with Crippen molar-refractivity contribution in [3.8, 4) is 0 Å². The quantitative estimate of drug-likeness (QED) is 0.548. The zero-order valence-corrected chi connectivity index (χ0v) is 5.96. The van der Waals surface area contributed by atoms with Crippen LogP contribution in [0.3, 0.4) is 0 Å². The van der Waals surface area contributed by atoms with Gasteiger partial charge in [0.15, 0.2) is 0 Å². The third-order valence-corrected chi connectivity index (χ3v) is 1.33. The Morgan fingerprint density at radius 2 is 2.11 bits per heavy atom. The van der Waals surface area contributed by atoms with Gasteiger partial charge >= 0.3 is 0 Å². The van der Waals surface area contributed by atoms with E-state index in [2.05, 4.69) is 6.58 Å². The molecular weight excluding hydrogens is 116 g/mol. The smallest absolute Gasteiger partial charge is 0.0792 e. The fourth-order valence-electron chi connectivity index (χ4n) is 0.586. The van der Waals surface area contributed by atoms with Crippen LogP contribution in [0.1, 0.15) is 13.8 Å². The van der Waals surface area contributed by atoms with E-state index in [0.717, 1.165) is 0 Å². The van der Waals surface area contributed by atoms with E-state index in [1.54, 1.807) is 13.8 Å². The topological polar surface area (TPSA) is 40.5 Å². The minimum Gasteiger partial charge on any atom is -0.396 e. The molecule has 2 heteroatoms. The van der Waals surface area contributed by atoms with Gasteiger partial charge in [0.05, 0.1) is 6.10 Å². The average Bonchev–Trinajstić information content (AvgIpc) is 1.84. The molecule has 0 spiro atoms. The van der Waals surface area contributed by atoms with Gasteiger partial charge in [-0.15, -0.1) is 0 Å².